The topological polar surface area (TPSA) is 211 Å². The van der Waals surface area contributed by atoms with E-state index in [4.69, 9.17) is 0 Å². The predicted molar refractivity (Wildman–Crippen MR) is 301 cm³/mol. The number of hydrogen-bond donors (Lipinski definition) is 5. The summed E-state index contributed by atoms with van der Waals surface area (Å²) in [6.45, 7) is 22.3. The van der Waals surface area contributed by atoms with Crippen molar-refractivity contribution in [2.45, 2.75) is 160 Å². The Morgan fingerprint density at radius 2 is 0.920 bits per heavy atom. The average Bonchev–Trinajstić information content (AvgIpc) is 3.33. The molecule has 0 aromatic heterocycles. The van der Waals surface area contributed by atoms with Crippen molar-refractivity contribution in [3.63, 3.8) is 0 Å². The van der Waals surface area contributed by atoms with Crippen LogP contribution in [0.4, 0.5) is 0 Å². The number of unbranched alkanes of at least 4 members (excludes halogenated alkanes) is 2. The molecule has 4 aromatic rings. The van der Waals surface area contributed by atoms with Gasteiger partial charge < -0.3 is 25.5 Å². The van der Waals surface area contributed by atoms with Gasteiger partial charge in [0.05, 0.1) is 28.2 Å². The van der Waals surface area contributed by atoms with E-state index in [2.05, 4.69) is 27.0 Å². The highest BCUT2D eigenvalue weighted by Gasteiger charge is 2.26. The summed E-state index contributed by atoms with van der Waals surface area (Å²) in [7, 11) is -0.305. The molecule has 0 atom stereocenters. The zero-order valence-electron chi connectivity index (χ0n) is 46.9. The molecule has 414 valence electrons. The molecule has 1 saturated heterocycles. The van der Waals surface area contributed by atoms with Crippen LogP contribution in [0.3, 0.4) is 0 Å². The predicted octanol–water partition coefficient (Wildman–Crippen LogP) is 9.46. The molecule has 0 spiro atoms. The minimum absolute atomic E-state index is 0.0164. The van der Waals surface area contributed by atoms with Crippen LogP contribution in [-0.2, 0) is 55.6 Å². The molecule has 0 aliphatic carbocycles. The summed E-state index contributed by atoms with van der Waals surface area (Å²) in [5.41, 5.74) is 7.34. The largest absolute Gasteiger partial charge is 0.478 e. The maximum atomic E-state index is 13.0. The first-order valence-corrected chi connectivity index (χ1v) is 29.3. The van der Waals surface area contributed by atoms with Gasteiger partial charge in [-0.25, -0.2) is 31.1 Å². The molecular formula is C58H86N6O9S2. The first kappa shape index (κ1) is 63.8. The first-order chi connectivity index (χ1) is 35.2. The maximum absolute atomic E-state index is 13.0. The van der Waals surface area contributed by atoms with E-state index in [0.29, 0.717) is 30.8 Å². The van der Waals surface area contributed by atoms with Gasteiger partial charge in [-0.15, -0.1) is 0 Å². The van der Waals surface area contributed by atoms with E-state index in [1.165, 1.54) is 56.6 Å². The van der Waals surface area contributed by atoms with Crippen LogP contribution in [0.2, 0.25) is 0 Å². The highest BCUT2D eigenvalue weighted by atomic mass is 32.2. The van der Waals surface area contributed by atoms with Crippen LogP contribution < -0.4 is 20.1 Å². The summed E-state index contributed by atoms with van der Waals surface area (Å²) in [6.07, 6.45) is 7.05. The molecule has 1 aliphatic heterocycles. The zero-order valence-corrected chi connectivity index (χ0v) is 48.5. The summed E-state index contributed by atoms with van der Waals surface area (Å²) in [6, 6.07) is 19.7. The van der Waals surface area contributed by atoms with Crippen molar-refractivity contribution in [3.8, 4) is 0 Å². The second-order valence-corrected chi connectivity index (χ2v) is 24.5. The summed E-state index contributed by atoms with van der Waals surface area (Å²) in [5.74, 6) is -2.39. The minimum atomic E-state index is -4.02. The van der Waals surface area contributed by atoms with Crippen LogP contribution in [0.5, 0.6) is 0 Å². The van der Waals surface area contributed by atoms with E-state index < -0.39 is 37.8 Å². The van der Waals surface area contributed by atoms with Crippen molar-refractivity contribution in [3.05, 3.63) is 128 Å². The molecule has 1 fully saturated rings. The third-order valence-electron chi connectivity index (χ3n) is 12.5. The number of rotatable bonds is 22. The Kier molecular flexibility index (Phi) is 25.8. The number of carboxylic acid groups (broad SMARTS) is 1. The maximum Gasteiger partial charge on any atom is 0.335 e. The molecule has 3 amide bonds. The lowest BCUT2D eigenvalue weighted by molar-refractivity contribution is -0.119. The van der Waals surface area contributed by atoms with Gasteiger partial charge in [-0.3, -0.25) is 14.4 Å². The third kappa shape index (κ3) is 20.9. The number of benzene rings is 4. The number of sulfonamides is 2. The molecule has 5 N–H and O–H groups in total. The Labute approximate surface area is 449 Å². The van der Waals surface area contributed by atoms with Crippen molar-refractivity contribution in [2.24, 2.45) is 0 Å². The Hall–Kier alpha value is -5.46. The molecule has 15 nitrogen and oxygen atoms in total. The lowest BCUT2D eigenvalue weighted by Crippen LogP contribution is -2.32. The van der Waals surface area contributed by atoms with E-state index in [-0.39, 0.29) is 57.8 Å². The molecule has 0 radical (unpaired) electrons. The zero-order chi connectivity index (χ0) is 56.2. The molecule has 0 unspecified atom stereocenters. The van der Waals surface area contributed by atoms with Crippen molar-refractivity contribution < 1.29 is 41.1 Å². The molecule has 5 rings (SSSR count). The standard InChI is InChI=1S/C29H43N3O4S.C24H32N2O5S.C5H11N/c1-8-9-10-15-30-29(34)23-16-25(20(2)3)27(26(17-23)21(4)5)18-28(33)31-37(35,36)24-13-11-22(12-14-24)19-32(6)7;1-15(2)20-11-18(24(28)29)12-21(16(3)4)22(20)13-23(27)25-32(30,31)19-9-7-17(8-10-19)14-26(5)6;1-2-4-6-5-3-1/h11-14,16-17,20-21H,8-10,15,18-19H2,1-7H3,(H,30,34)(H,31,33);7-12,15-16H,13-14H2,1-6H3,(H,25,27)(H,28,29);6H,1-5H2. The molecule has 4 aromatic carbocycles. The van der Waals surface area contributed by atoms with Gasteiger partial charge >= 0.3 is 5.97 Å². The Morgan fingerprint density at radius 1 is 0.560 bits per heavy atom. The lowest BCUT2D eigenvalue weighted by atomic mass is 9.85. The number of amides is 3. The van der Waals surface area contributed by atoms with Crippen LogP contribution in [0.25, 0.3) is 0 Å². The average molecular weight is 1080 g/mol. The number of carbonyl (C=O) groups is 4. The number of carbonyl (C=O) groups excluding carboxylic acids is 3. The monoisotopic (exact) mass is 1070 g/mol. The van der Waals surface area contributed by atoms with Gasteiger partial charge in [-0.05, 0) is 177 Å². The Morgan fingerprint density at radius 3 is 1.20 bits per heavy atom. The van der Waals surface area contributed by atoms with Crippen LogP contribution in [0, 0.1) is 0 Å². The van der Waals surface area contributed by atoms with Gasteiger partial charge in [0.1, 0.15) is 0 Å². The fourth-order valence-corrected chi connectivity index (χ4v) is 10.7. The Bertz CT molecular complexity index is 2660. The molecule has 0 saturated carbocycles. The van der Waals surface area contributed by atoms with E-state index in [9.17, 15) is 41.1 Å². The van der Waals surface area contributed by atoms with Gasteiger partial charge in [0.25, 0.3) is 26.0 Å². The van der Waals surface area contributed by atoms with E-state index in [1.54, 1.807) is 36.4 Å². The van der Waals surface area contributed by atoms with Crippen molar-refractivity contribution in [1.82, 2.24) is 29.9 Å². The number of nitrogens with one attached hydrogen (secondary N) is 4. The van der Waals surface area contributed by atoms with Gasteiger partial charge in [0.2, 0.25) is 11.8 Å². The number of nitrogens with zero attached hydrogens (tertiary/aromatic N) is 2. The van der Waals surface area contributed by atoms with Crippen LogP contribution in [-0.4, -0.2) is 103 Å². The molecule has 0 bridgehead atoms. The van der Waals surface area contributed by atoms with Gasteiger partial charge in [0, 0.05) is 25.2 Å². The fraction of sp³-hybridized carbons (Fsp3) is 0.517. The SMILES string of the molecule is C1CCNCC1.CC(C)c1cc(C(=O)O)cc(C(C)C)c1CC(=O)NS(=O)(=O)c1ccc(CN(C)C)cc1.CCCCCNC(=O)c1cc(C(C)C)c(CC(=O)NS(=O)(=O)c2ccc(CN(C)C)cc2)c(C(C)C)c1. The van der Waals surface area contributed by atoms with Gasteiger partial charge in [-0.1, -0.05) is 106 Å². The van der Waals surface area contributed by atoms with E-state index in [0.717, 1.165) is 58.2 Å². The minimum Gasteiger partial charge on any atom is -0.478 e. The van der Waals surface area contributed by atoms with E-state index >= 15 is 0 Å². The molecule has 17 heteroatoms. The van der Waals surface area contributed by atoms with Crippen LogP contribution in [0.1, 0.15) is 190 Å². The number of piperidine rings is 1. The quantitative estimate of drug-likeness (QED) is 0.0466. The van der Waals surface area contributed by atoms with Crippen LogP contribution >= 0.6 is 0 Å². The summed E-state index contributed by atoms with van der Waals surface area (Å²) in [5, 5.41) is 15.7. The number of hydrogen-bond acceptors (Lipinski definition) is 11. The smallest absolute Gasteiger partial charge is 0.335 e. The second kappa shape index (κ2) is 30.3. The van der Waals surface area contributed by atoms with Crippen molar-refractivity contribution in [2.75, 3.05) is 47.8 Å². The van der Waals surface area contributed by atoms with Gasteiger partial charge in [-0.2, -0.15) is 0 Å². The number of aromatic carboxylic acids is 1. The second-order valence-electron chi connectivity index (χ2n) is 21.1. The van der Waals surface area contributed by atoms with Crippen LogP contribution in [0.15, 0.2) is 82.6 Å². The van der Waals surface area contributed by atoms with E-state index in [1.807, 2.05) is 106 Å². The highest BCUT2D eigenvalue weighted by Crippen LogP contribution is 2.32. The van der Waals surface area contributed by atoms with Crippen molar-refractivity contribution >= 4 is 43.7 Å². The summed E-state index contributed by atoms with van der Waals surface area (Å²) < 4.78 is 55.6. The first-order valence-electron chi connectivity index (χ1n) is 26.3. The molecule has 1 aliphatic rings. The number of carboxylic acids is 1. The van der Waals surface area contributed by atoms with Gasteiger partial charge in [0.15, 0.2) is 0 Å². The Balaban J connectivity index is 0.000000357. The summed E-state index contributed by atoms with van der Waals surface area (Å²) in [4.78, 5) is 54.2. The lowest BCUT2D eigenvalue weighted by Gasteiger charge is -2.21. The molecular weight excluding hydrogens is 989 g/mol. The highest BCUT2D eigenvalue weighted by molar-refractivity contribution is 7.90. The third-order valence-corrected chi connectivity index (χ3v) is 15.3. The fourth-order valence-electron chi connectivity index (χ4n) is 8.73. The molecule has 75 heavy (non-hydrogen) atoms. The molecule has 1 heterocycles. The van der Waals surface area contributed by atoms with Crippen molar-refractivity contribution in [1.29, 1.82) is 0 Å². The summed E-state index contributed by atoms with van der Waals surface area (Å²) >= 11 is 0. The normalized spacial score (nSPS) is 12.8.